The van der Waals surface area contributed by atoms with E-state index >= 15 is 0 Å². The van der Waals surface area contributed by atoms with Gasteiger partial charge in [0, 0.05) is 30.1 Å². The summed E-state index contributed by atoms with van der Waals surface area (Å²) in [6.45, 7) is 6.96. The van der Waals surface area contributed by atoms with Crippen LogP contribution in [0.5, 0.6) is 5.75 Å². The van der Waals surface area contributed by atoms with E-state index in [9.17, 15) is 19.2 Å². The summed E-state index contributed by atoms with van der Waals surface area (Å²) in [5, 5.41) is 8.73. The van der Waals surface area contributed by atoms with Crippen LogP contribution in [0.1, 0.15) is 42.6 Å². The van der Waals surface area contributed by atoms with Gasteiger partial charge in [0.1, 0.15) is 37.1 Å². The molecule has 0 radical (unpaired) electrons. The van der Waals surface area contributed by atoms with Crippen LogP contribution in [-0.2, 0) is 36.9 Å². The lowest BCUT2D eigenvalue weighted by Gasteiger charge is -2.51. The Balaban J connectivity index is 1.15. The number of nitrogens with zero attached hydrogens (tertiary/aromatic N) is 2. The van der Waals surface area contributed by atoms with E-state index in [2.05, 4.69) is 32.4 Å². The van der Waals surface area contributed by atoms with Crippen molar-refractivity contribution >= 4 is 34.8 Å². The molecule has 12 nitrogen and oxygen atoms in total. The van der Waals surface area contributed by atoms with E-state index in [1.807, 2.05) is 91.0 Å². The van der Waals surface area contributed by atoms with Gasteiger partial charge in [-0.1, -0.05) is 66.7 Å². The van der Waals surface area contributed by atoms with Crippen molar-refractivity contribution in [3.8, 4) is 5.75 Å². The smallest absolute Gasteiger partial charge is 0.407 e. The molecule has 0 saturated carbocycles. The van der Waals surface area contributed by atoms with Crippen LogP contribution >= 0.6 is 0 Å². The zero-order chi connectivity index (χ0) is 38.0. The number of carbonyl (C=O) groups is 4. The minimum atomic E-state index is -1.05. The van der Waals surface area contributed by atoms with Crippen molar-refractivity contribution < 1.29 is 33.4 Å². The molecular formula is C42H47N5O7. The number of esters is 1. The lowest BCUT2D eigenvalue weighted by atomic mass is 9.73. The molecule has 3 saturated heterocycles. The Morgan fingerprint density at radius 1 is 0.981 bits per heavy atom. The van der Waals surface area contributed by atoms with Crippen molar-refractivity contribution in [1.82, 2.24) is 25.8 Å². The number of nitrogens with one attached hydrogen (secondary N) is 3. The summed E-state index contributed by atoms with van der Waals surface area (Å²) >= 11 is 0. The van der Waals surface area contributed by atoms with Crippen molar-refractivity contribution in [2.24, 2.45) is 11.8 Å². The Morgan fingerprint density at radius 2 is 1.72 bits per heavy atom. The summed E-state index contributed by atoms with van der Waals surface area (Å²) in [4.78, 5) is 60.0. The van der Waals surface area contributed by atoms with Crippen LogP contribution < -0.4 is 20.7 Å². The third kappa shape index (κ3) is 9.42. The van der Waals surface area contributed by atoms with Gasteiger partial charge in [0.25, 0.3) is 0 Å². The average Bonchev–Trinajstić information content (AvgIpc) is 3.21. The molecule has 2 bridgehead atoms. The third-order valence-electron chi connectivity index (χ3n) is 10.3. The second-order valence-electron chi connectivity index (χ2n) is 13.8. The lowest BCUT2D eigenvalue weighted by Crippen LogP contribution is -2.56. The Hall–Kier alpha value is -5.75. The number of rotatable bonds is 15. The number of amides is 3. The van der Waals surface area contributed by atoms with Crippen LogP contribution in [0.2, 0.25) is 0 Å². The van der Waals surface area contributed by atoms with Crippen LogP contribution in [0.25, 0.3) is 10.9 Å². The first-order chi connectivity index (χ1) is 26.2. The molecule has 1 unspecified atom stereocenters. The van der Waals surface area contributed by atoms with Gasteiger partial charge in [0.15, 0.2) is 0 Å². The van der Waals surface area contributed by atoms with Crippen molar-refractivity contribution in [3.05, 3.63) is 120 Å². The molecule has 3 amide bonds. The number of ether oxygens (including phenoxy) is 3. The van der Waals surface area contributed by atoms with Crippen LogP contribution in [-0.4, -0.2) is 78.6 Å². The predicted octanol–water partition coefficient (Wildman–Crippen LogP) is 4.88. The fraction of sp³-hybridized carbons (Fsp3) is 0.357. The maximum Gasteiger partial charge on any atom is 0.407 e. The molecule has 7 rings (SSSR count). The van der Waals surface area contributed by atoms with Gasteiger partial charge in [-0.25, -0.2) is 9.59 Å². The highest BCUT2D eigenvalue weighted by molar-refractivity contribution is 5.92. The minimum Gasteiger partial charge on any atom is -0.497 e. The van der Waals surface area contributed by atoms with E-state index in [0.717, 1.165) is 53.5 Å². The quantitative estimate of drug-likeness (QED) is 0.115. The zero-order valence-corrected chi connectivity index (χ0v) is 30.6. The maximum atomic E-state index is 14.0. The Bertz CT molecular complexity index is 1940. The molecule has 0 spiro atoms. The van der Waals surface area contributed by atoms with E-state index < -0.39 is 48.6 Å². The molecule has 3 N–H and O–H groups in total. The zero-order valence-electron chi connectivity index (χ0n) is 30.6. The van der Waals surface area contributed by atoms with Crippen LogP contribution in [0, 0.1) is 11.8 Å². The molecule has 3 aliphatic heterocycles. The minimum absolute atomic E-state index is 0.0441. The molecule has 7 atom stereocenters. The van der Waals surface area contributed by atoms with Gasteiger partial charge >= 0.3 is 12.1 Å². The highest BCUT2D eigenvalue weighted by atomic mass is 16.6. The van der Waals surface area contributed by atoms with Gasteiger partial charge in [-0.3, -0.25) is 19.5 Å². The molecule has 12 heteroatoms. The Morgan fingerprint density at radius 3 is 2.41 bits per heavy atom. The molecule has 3 aliphatic rings. The first kappa shape index (κ1) is 38.0. The van der Waals surface area contributed by atoms with Gasteiger partial charge in [-0.15, -0.1) is 6.58 Å². The fourth-order valence-corrected chi connectivity index (χ4v) is 7.39. The van der Waals surface area contributed by atoms with Gasteiger partial charge < -0.3 is 30.2 Å². The fourth-order valence-electron chi connectivity index (χ4n) is 7.39. The molecule has 54 heavy (non-hydrogen) atoms. The number of hydrogen-bond donors (Lipinski definition) is 3. The first-order valence-electron chi connectivity index (χ1n) is 18.3. The molecule has 0 aliphatic carbocycles. The number of fused-ring (bicyclic) bond motifs is 4. The van der Waals surface area contributed by atoms with Gasteiger partial charge in [0.05, 0.1) is 18.7 Å². The normalized spacial score (nSPS) is 20.5. The van der Waals surface area contributed by atoms with E-state index in [0.29, 0.717) is 17.6 Å². The molecule has 4 heterocycles. The Labute approximate surface area is 315 Å². The second-order valence-corrected chi connectivity index (χ2v) is 13.8. The van der Waals surface area contributed by atoms with Crippen molar-refractivity contribution in [2.45, 2.75) is 57.0 Å². The van der Waals surface area contributed by atoms with Crippen LogP contribution in [0.3, 0.4) is 0 Å². The number of benzene rings is 3. The summed E-state index contributed by atoms with van der Waals surface area (Å²) in [5.74, 6) is -0.348. The number of pyridine rings is 1. The van der Waals surface area contributed by atoms with E-state index in [-0.39, 0.29) is 19.1 Å². The van der Waals surface area contributed by atoms with Gasteiger partial charge in [-0.2, -0.15) is 0 Å². The third-order valence-corrected chi connectivity index (χ3v) is 10.3. The number of methoxy groups -OCH3 is 1. The van der Waals surface area contributed by atoms with Crippen molar-refractivity contribution in [2.75, 3.05) is 26.7 Å². The van der Waals surface area contributed by atoms with E-state index in [1.54, 1.807) is 20.2 Å². The highest BCUT2D eigenvalue weighted by Gasteiger charge is 2.44. The average molecular weight is 734 g/mol. The predicted molar refractivity (Wildman–Crippen MR) is 203 cm³/mol. The summed E-state index contributed by atoms with van der Waals surface area (Å²) in [6, 6.07) is 23.7. The molecular weight excluding hydrogens is 686 g/mol. The molecule has 1 aromatic heterocycles. The standard InChI is InChI=1S/C42H47N5O7/c1-4-30-25-47-20-18-31(30)22-37(47)39(33-17-19-43-35-16-15-32(52-3)23-34(33)35)54-41(50)27(2)45-40(49)36(21-28-11-7-5-8-12-28)46-38(48)24-44-42(51)53-26-29-13-9-6-10-14-29/h4-17,19,23,27,30-31,36-37,39H,1,18,20-22,24-26H2,2-3H3,(H,44,51)(H,45,49)(H,46,48)/t27-,30-,31-,36+,37-,39+/m0/s1. The highest BCUT2D eigenvalue weighted by Crippen LogP contribution is 2.43. The van der Waals surface area contributed by atoms with Crippen molar-refractivity contribution in [1.29, 1.82) is 0 Å². The number of hydrogen-bond acceptors (Lipinski definition) is 9. The monoisotopic (exact) mass is 733 g/mol. The number of carbonyl (C=O) groups excluding carboxylic acids is 4. The molecule has 3 fully saturated rings. The topological polar surface area (TPSA) is 148 Å². The lowest BCUT2D eigenvalue weighted by molar-refractivity contribution is -0.160. The summed E-state index contributed by atoms with van der Waals surface area (Å²) < 4.78 is 17.1. The summed E-state index contributed by atoms with van der Waals surface area (Å²) in [7, 11) is 1.60. The summed E-state index contributed by atoms with van der Waals surface area (Å²) in [5.41, 5.74) is 3.15. The number of alkyl carbamates (subject to hydrolysis) is 1. The Kier molecular flexibility index (Phi) is 12.6. The van der Waals surface area contributed by atoms with Crippen molar-refractivity contribution in [3.63, 3.8) is 0 Å². The molecule has 4 aromatic rings. The number of aromatic nitrogens is 1. The van der Waals surface area contributed by atoms with Crippen LogP contribution in [0.4, 0.5) is 4.79 Å². The summed E-state index contributed by atoms with van der Waals surface area (Å²) in [6.07, 6.45) is 4.33. The first-order valence-corrected chi connectivity index (χ1v) is 18.3. The second kappa shape index (κ2) is 17.8. The molecule has 3 aromatic carbocycles. The number of piperidine rings is 3. The van der Waals surface area contributed by atoms with Gasteiger partial charge in [-0.05, 0) is 73.5 Å². The maximum absolute atomic E-state index is 14.0. The van der Waals surface area contributed by atoms with E-state index in [1.165, 1.54) is 0 Å². The van der Waals surface area contributed by atoms with Crippen LogP contribution in [0.15, 0.2) is 104 Å². The SMILES string of the molecule is C=C[C@H]1CN2CC[C@H]1C[C@H]2[C@H](OC(=O)[C@H](C)NC(=O)[C@@H](Cc1ccccc1)NC(=O)CNC(=O)OCc1ccccc1)c1ccnc2ccc(OC)cc12. The van der Waals surface area contributed by atoms with Gasteiger partial charge in [0.2, 0.25) is 11.8 Å². The molecule has 282 valence electrons. The van der Waals surface area contributed by atoms with E-state index in [4.69, 9.17) is 14.2 Å². The largest absolute Gasteiger partial charge is 0.497 e.